The van der Waals surface area contributed by atoms with E-state index in [9.17, 15) is 19.7 Å². The number of ether oxygens (including phenoxy) is 1. The molecule has 0 heterocycles. The van der Waals surface area contributed by atoms with Gasteiger partial charge in [0.1, 0.15) is 0 Å². The molecule has 26 heavy (non-hydrogen) atoms. The largest absolute Gasteiger partial charge is 0.463 e. The van der Waals surface area contributed by atoms with Crippen molar-refractivity contribution in [2.24, 2.45) is 0 Å². The molecule has 0 spiro atoms. The van der Waals surface area contributed by atoms with Gasteiger partial charge in [-0.2, -0.15) is 0 Å². The van der Waals surface area contributed by atoms with Crippen LogP contribution in [0.4, 0.5) is 5.69 Å². The number of nitrogens with zero attached hydrogens (tertiary/aromatic N) is 1. The molecule has 0 unspecified atom stereocenters. The van der Waals surface area contributed by atoms with E-state index in [4.69, 9.17) is 4.74 Å². The van der Waals surface area contributed by atoms with Crippen molar-refractivity contribution in [2.45, 2.75) is 12.8 Å². The second-order valence-electron chi connectivity index (χ2n) is 5.35. The van der Waals surface area contributed by atoms with Crippen molar-refractivity contribution in [3.63, 3.8) is 0 Å². The van der Waals surface area contributed by atoms with Crippen molar-refractivity contribution in [3.8, 4) is 0 Å². The first-order valence-electron chi connectivity index (χ1n) is 7.84. The molecule has 2 aromatic rings. The molecule has 0 aliphatic rings. The molecule has 0 aromatic heterocycles. The van der Waals surface area contributed by atoms with Crippen molar-refractivity contribution in [3.05, 3.63) is 80.3 Å². The minimum atomic E-state index is -0.612. The molecule has 0 fully saturated rings. The summed E-state index contributed by atoms with van der Waals surface area (Å²) in [5.41, 5.74) is 0.840. The third kappa shape index (κ3) is 5.93. The second kappa shape index (κ2) is 9.62. The maximum Gasteiger partial charge on any atom is 0.330 e. The summed E-state index contributed by atoms with van der Waals surface area (Å²) in [5, 5.41) is 10.9. The summed E-state index contributed by atoms with van der Waals surface area (Å²) in [7, 11) is 0. The Bertz CT molecular complexity index is 830. The summed E-state index contributed by atoms with van der Waals surface area (Å²) in [4.78, 5) is 34.0. The van der Waals surface area contributed by atoms with E-state index in [1.54, 1.807) is 42.5 Å². The average Bonchev–Trinajstić information content (AvgIpc) is 2.64. The molecule has 0 saturated heterocycles. The third-order valence-corrected chi connectivity index (χ3v) is 4.02. The van der Waals surface area contributed by atoms with Gasteiger partial charge in [0.05, 0.1) is 17.1 Å². The maximum absolute atomic E-state index is 12.0. The Labute approximate surface area is 158 Å². The average molecular weight is 418 g/mol. The van der Waals surface area contributed by atoms with Crippen molar-refractivity contribution >= 4 is 39.4 Å². The van der Waals surface area contributed by atoms with Gasteiger partial charge in [-0.25, -0.2) is 4.79 Å². The predicted octanol–water partition coefficient (Wildman–Crippen LogP) is 4.58. The van der Waals surface area contributed by atoms with Crippen molar-refractivity contribution in [2.75, 3.05) is 6.61 Å². The van der Waals surface area contributed by atoms with Gasteiger partial charge >= 0.3 is 5.97 Å². The van der Waals surface area contributed by atoms with Gasteiger partial charge in [-0.1, -0.05) is 40.2 Å². The van der Waals surface area contributed by atoms with Crippen LogP contribution in [0.1, 0.15) is 28.8 Å². The second-order valence-corrected chi connectivity index (χ2v) is 6.27. The maximum atomic E-state index is 12.0. The molecule has 2 aromatic carbocycles. The van der Waals surface area contributed by atoms with Gasteiger partial charge in [0.15, 0.2) is 5.78 Å². The highest BCUT2D eigenvalue weighted by Gasteiger charge is 2.10. The number of ketones is 1. The van der Waals surface area contributed by atoms with E-state index in [0.717, 1.165) is 10.5 Å². The predicted molar refractivity (Wildman–Crippen MR) is 101 cm³/mol. The first-order valence-corrected chi connectivity index (χ1v) is 8.63. The molecule has 0 saturated carbocycles. The van der Waals surface area contributed by atoms with Crippen LogP contribution in [0, 0.1) is 10.1 Å². The van der Waals surface area contributed by atoms with Crippen molar-refractivity contribution in [1.82, 2.24) is 0 Å². The number of benzene rings is 2. The number of hydrogen-bond acceptors (Lipinski definition) is 5. The number of esters is 1. The summed E-state index contributed by atoms with van der Waals surface area (Å²) in [6.07, 6.45) is 3.15. The van der Waals surface area contributed by atoms with Gasteiger partial charge < -0.3 is 4.74 Å². The van der Waals surface area contributed by atoms with Gasteiger partial charge in [-0.15, -0.1) is 0 Å². The molecule has 0 amide bonds. The lowest BCUT2D eigenvalue weighted by Crippen LogP contribution is -2.05. The molecule has 0 N–H and O–H groups in total. The minimum absolute atomic E-state index is 0.0241. The topological polar surface area (TPSA) is 86.5 Å². The lowest BCUT2D eigenvalue weighted by Gasteiger charge is -2.03. The number of nitro groups is 1. The van der Waals surface area contributed by atoms with E-state index in [0.29, 0.717) is 17.5 Å². The standard InChI is InChI=1S/C19H16BrNO5/c20-16-10-7-15(8-11-16)18(22)6-3-13-26-19(23)12-9-14-4-1-2-5-17(14)21(24)25/h1-2,4-5,7-12H,3,6,13H2. The van der Waals surface area contributed by atoms with Crippen LogP contribution in [0.3, 0.4) is 0 Å². The number of nitro benzene ring substituents is 1. The number of Topliss-reactive ketones (excluding diaryl/α,β-unsaturated/α-hetero) is 1. The molecular formula is C19H16BrNO5. The highest BCUT2D eigenvalue weighted by atomic mass is 79.9. The molecule has 0 atom stereocenters. The van der Waals surface area contributed by atoms with Gasteiger partial charge in [0.25, 0.3) is 5.69 Å². The smallest absolute Gasteiger partial charge is 0.330 e. The van der Waals surface area contributed by atoms with Crippen LogP contribution in [0.15, 0.2) is 59.1 Å². The number of para-hydroxylation sites is 1. The molecule has 134 valence electrons. The molecular weight excluding hydrogens is 402 g/mol. The van der Waals surface area contributed by atoms with Crippen LogP contribution in [0.25, 0.3) is 6.08 Å². The number of carbonyl (C=O) groups excluding carboxylic acids is 2. The molecule has 6 nitrogen and oxygen atoms in total. The van der Waals surface area contributed by atoms with Crippen LogP contribution in [0.5, 0.6) is 0 Å². The zero-order chi connectivity index (χ0) is 18.9. The third-order valence-electron chi connectivity index (χ3n) is 3.49. The van der Waals surface area contributed by atoms with Crippen molar-refractivity contribution in [1.29, 1.82) is 0 Å². The van der Waals surface area contributed by atoms with Gasteiger partial charge in [-0.3, -0.25) is 14.9 Å². The van der Waals surface area contributed by atoms with Gasteiger partial charge in [0, 0.05) is 28.6 Å². The number of carbonyl (C=O) groups is 2. The van der Waals surface area contributed by atoms with E-state index in [-0.39, 0.29) is 24.5 Å². The monoisotopic (exact) mass is 417 g/mol. The lowest BCUT2D eigenvalue weighted by molar-refractivity contribution is -0.385. The Hall–Kier alpha value is -2.80. The van der Waals surface area contributed by atoms with Crippen LogP contribution in [-0.4, -0.2) is 23.3 Å². The van der Waals surface area contributed by atoms with Crippen LogP contribution in [0.2, 0.25) is 0 Å². The number of rotatable bonds is 8. The van der Waals surface area contributed by atoms with Crippen LogP contribution < -0.4 is 0 Å². The highest BCUT2D eigenvalue weighted by molar-refractivity contribution is 9.10. The number of hydrogen-bond donors (Lipinski definition) is 0. The van der Waals surface area contributed by atoms with Gasteiger partial charge in [-0.05, 0) is 30.7 Å². The summed E-state index contributed by atoms with van der Waals surface area (Å²) < 4.78 is 5.91. The minimum Gasteiger partial charge on any atom is -0.463 e. The molecule has 0 radical (unpaired) electrons. The first-order chi connectivity index (χ1) is 12.5. The molecule has 7 heteroatoms. The fourth-order valence-corrected chi connectivity index (χ4v) is 2.45. The van der Waals surface area contributed by atoms with Gasteiger partial charge in [0.2, 0.25) is 0 Å². The molecule has 0 bridgehead atoms. The Balaban J connectivity index is 1.78. The molecule has 2 rings (SSSR count). The van der Waals surface area contributed by atoms with E-state index in [2.05, 4.69) is 15.9 Å². The van der Waals surface area contributed by atoms with E-state index in [1.807, 2.05) is 0 Å². The summed E-state index contributed by atoms with van der Waals surface area (Å²) in [6.45, 7) is 0.0995. The van der Waals surface area contributed by atoms with E-state index in [1.165, 1.54) is 12.1 Å². The lowest BCUT2D eigenvalue weighted by atomic mass is 10.1. The van der Waals surface area contributed by atoms with Crippen LogP contribution in [-0.2, 0) is 9.53 Å². The van der Waals surface area contributed by atoms with E-state index < -0.39 is 10.9 Å². The summed E-state index contributed by atoms with van der Waals surface area (Å²) in [6, 6.07) is 13.1. The SMILES string of the molecule is O=C(C=Cc1ccccc1[N+](=O)[O-])OCCCC(=O)c1ccc(Br)cc1. The summed E-state index contributed by atoms with van der Waals surface area (Å²) >= 11 is 3.31. The fraction of sp³-hybridized carbons (Fsp3) is 0.158. The quantitative estimate of drug-likeness (QED) is 0.156. The summed E-state index contributed by atoms with van der Waals surface area (Å²) in [5.74, 6) is -0.636. The van der Waals surface area contributed by atoms with Crippen LogP contribution >= 0.6 is 15.9 Å². The Morgan fingerprint density at radius 3 is 2.50 bits per heavy atom. The Morgan fingerprint density at radius 1 is 1.12 bits per heavy atom. The Kier molecular flexibility index (Phi) is 7.23. The number of halogens is 1. The van der Waals surface area contributed by atoms with E-state index >= 15 is 0 Å². The normalized spacial score (nSPS) is 10.7. The van der Waals surface area contributed by atoms with Crippen molar-refractivity contribution < 1.29 is 19.2 Å². The zero-order valence-electron chi connectivity index (χ0n) is 13.8. The molecule has 0 aliphatic carbocycles. The first kappa shape index (κ1) is 19.5. The highest BCUT2D eigenvalue weighted by Crippen LogP contribution is 2.19. The zero-order valence-corrected chi connectivity index (χ0v) is 15.3. The molecule has 0 aliphatic heterocycles. The Morgan fingerprint density at radius 2 is 1.81 bits per heavy atom. The fourth-order valence-electron chi connectivity index (χ4n) is 2.19.